The summed E-state index contributed by atoms with van der Waals surface area (Å²) in [4.78, 5) is 33.7. The van der Waals surface area contributed by atoms with E-state index < -0.39 is 6.10 Å². The van der Waals surface area contributed by atoms with Gasteiger partial charge in [0.2, 0.25) is 0 Å². The average molecular weight is 586 g/mol. The minimum Gasteiger partial charge on any atom is -0.504 e. The maximum atomic E-state index is 13.0. The second-order valence-electron chi connectivity index (χ2n) is 11.6. The largest absolute Gasteiger partial charge is 0.504 e. The van der Waals surface area contributed by atoms with Gasteiger partial charge in [-0.25, -0.2) is 4.98 Å². The van der Waals surface area contributed by atoms with Crippen molar-refractivity contribution in [3.05, 3.63) is 83.1 Å². The summed E-state index contributed by atoms with van der Waals surface area (Å²) in [5, 5.41) is 9.84. The van der Waals surface area contributed by atoms with Crippen molar-refractivity contribution in [1.29, 1.82) is 0 Å². The topological polar surface area (TPSA) is 124 Å². The number of nitrogen functional groups attached to an aromatic ring is 1. The molecule has 0 spiro atoms. The number of phenols is 1. The van der Waals surface area contributed by atoms with E-state index in [2.05, 4.69) is 41.2 Å². The van der Waals surface area contributed by atoms with Crippen LogP contribution in [0.15, 0.2) is 77.0 Å². The molecule has 0 radical (unpaired) electrons. The van der Waals surface area contributed by atoms with Crippen LogP contribution in [0.4, 0.5) is 5.82 Å². The predicted octanol–water partition coefficient (Wildman–Crippen LogP) is 6.13. The Morgan fingerprint density at radius 3 is 2.70 bits per heavy atom. The molecule has 0 saturated heterocycles. The normalized spacial score (nSPS) is 19.9. The molecule has 8 nitrogen and oxygen atoms in total. The van der Waals surface area contributed by atoms with Crippen molar-refractivity contribution < 1.29 is 24.2 Å². The minimum atomic E-state index is -0.495. The first-order valence-corrected chi connectivity index (χ1v) is 15.0. The van der Waals surface area contributed by atoms with Crippen LogP contribution in [0, 0.1) is 11.3 Å². The van der Waals surface area contributed by atoms with Crippen molar-refractivity contribution >= 4 is 23.8 Å². The highest BCUT2D eigenvalue weighted by Crippen LogP contribution is 2.45. The van der Waals surface area contributed by atoms with Crippen molar-refractivity contribution in [3.8, 4) is 11.5 Å². The fourth-order valence-electron chi connectivity index (χ4n) is 5.99. The van der Waals surface area contributed by atoms with E-state index in [4.69, 9.17) is 15.2 Å². The molecule has 0 saturated carbocycles. The highest BCUT2D eigenvalue weighted by Gasteiger charge is 2.36. The van der Waals surface area contributed by atoms with E-state index in [-0.39, 0.29) is 35.3 Å². The van der Waals surface area contributed by atoms with Crippen molar-refractivity contribution in [2.45, 2.75) is 71.3 Å². The number of aryl methyl sites for hydroxylation is 2. The number of nitrogens with zero attached hydrogens (tertiary/aromatic N) is 2. The predicted molar refractivity (Wildman–Crippen MR) is 169 cm³/mol. The maximum absolute atomic E-state index is 13.0. The van der Waals surface area contributed by atoms with Gasteiger partial charge in [-0.15, -0.1) is 0 Å². The molecule has 0 bridgehead atoms. The van der Waals surface area contributed by atoms with Crippen molar-refractivity contribution in [2.24, 2.45) is 16.3 Å². The van der Waals surface area contributed by atoms with Gasteiger partial charge in [0.25, 0.3) is 0 Å². The third kappa shape index (κ3) is 8.89. The third-order valence-electron chi connectivity index (χ3n) is 8.57. The molecule has 43 heavy (non-hydrogen) atoms. The number of nitrogens with two attached hydrogens (primary N) is 1. The number of hydrogen-bond acceptors (Lipinski definition) is 8. The Morgan fingerprint density at radius 1 is 1.14 bits per heavy atom. The molecule has 8 heteroatoms. The number of aromatic hydroxyl groups is 1. The lowest BCUT2D eigenvalue weighted by atomic mass is 9.66. The smallest absolute Gasteiger partial charge is 0.302 e. The fraction of sp³-hybridized carbons (Fsp3) is 0.429. The second-order valence-corrected chi connectivity index (χ2v) is 11.6. The van der Waals surface area contributed by atoms with Crippen LogP contribution in [0.2, 0.25) is 0 Å². The number of ether oxygens (including phenoxy) is 2. The van der Waals surface area contributed by atoms with E-state index in [1.165, 1.54) is 25.2 Å². The summed E-state index contributed by atoms with van der Waals surface area (Å²) in [5.41, 5.74) is 10.3. The van der Waals surface area contributed by atoms with E-state index >= 15 is 0 Å². The number of allylic oxidation sites excluding steroid dienone is 5. The molecule has 0 amide bonds. The van der Waals surface area contributed by atoms with Crippen LogP contribution in [0.3, 0.4) is 0 Å². The molecule has 1 aromatic carbocycles. The number of benzene rings is 1. The minimum absolute atomic E-state index is 0.0316. The number of pyridine rings is 1. The molecule has 2 aliphatic rings. The molecular weight excluding hydrogens is 542 g/mol. The first-order chi connectivity index (χ1) is 20.7. The van der Waals surface area contributed by atoms with Gasteiger partial charge in [-0.05, 0) is 96.4 Å². The summed E-state index contributed by atoms with van der Waals surface area (Å²) in [5.74, 6) is 0.884. The first kappa shape index (κ1) is 31.7. The van der Waals surface area contributed by atoms with Crippen molar-refractivity contribution in [2.75, 3.05) is 19.4 Å². The monoisotopic (exact) mass is 585 g/mol. The number of esters is 1. The van der Waals surface area contributed by atoms with E-state index in [1.54, 1.807) is 24.4 Å². The van der Waals surface area contributed by atoms with Crippen LogP contribution in [0.5, 0.6) is 11.5 Å². The molecule has 4 rings (SSSR count). The van der Waals surface area contributed by atoms with E-state index in [9.17, 15) is 14.7 Å². The van der Waals surface area contributed by atoms with Gasteiger partial charge in [-0.3, -0.25) is 14.6 Å². The Morgan fingerprint density at radius 2 is 1.95 bits per heavy atom. The number of carbonyl (C=O) groups is 2. The third-order valence-corrected chi connectivity index (χ3v) is 8.57. The fourth-order valence-corrected chi connectivity index (χ4v) is 5.99. The van der Waals surface area contributed by atoms with Crippen LogP contribution in [-0.4, -0.2) is 47.8 Å². The number of aromatic nitrogens is 1. The molecule has 0 unspecified atom stereocenters. The van der Waals surface area contributed by atoms with Crippen molar-refractivity contribution in [3.63, 3.8) is 0 Å². The van der Waals surface area contributed by atoms with Gasteiger partial charge < -0.3 is 20.3 Å². The molecule has 2 aromatic rings. The van der Waals surface area contributed by atoms with Crippen LogP contribution in [-0.2, 0) is 27.2 Å². The Balaban J connectivity index is 1.42. The molecular formula is C35H43N3O5. The number of hydrogen-bond donors (Lipinski definition) is 2. The van der Waals surface area contributed by atoms with E-state index in [1.807, 2.05) is 18.3 Å². The molecule has 1 aromatic heterocycles. The lowest BCUT2D eigenvalue weighted by molar-refractivity contribution is -0.148. The van der Waals surface area contributed by atoms with Gasteiger partial charge in [0.15, 0.2) is 11.5 Å². The van der Waals surface area contributed by atoms with Gasteiger partial charge in [-0.2, -0.15) is 0 Å². The maximum Gasteiger partial charge on any atom is 0.302 e. The highest BCUT2D eigenvalue weighted by atomic mass is 16.5. The summed E-state index contributed by atoms with van der Waals surface area (Å²) in [7, 11) is 1.49. The summed E-state index contributed by atoms with van der Waals surface area (Å²) in [6, 6.07) is 9.01. The Labute approximate surface area is 254 Å². The van der Waals surface area contributed by atoms with Crippen LogP contribution >= 0.6 is 0 Å². The number of methoxy groups -OCH3 is 1. The molecule has 3 N–H and O–H groups in total. The standard InChI is InChI=1S/C35H43N3O5/c1-24-6-4-5-15-35(24,21-29-23-37-22-28(29)10-7-27-14-17-38-34(36)19-27)16-13-31(43-25(2)39)20-30(40)11-8-26-9-12-32(41)33(18-26)42-3/h4-6,9,12,14-15,17-19,23-24,31,41H,7-8,10-11,13,16,20-22H2,1-3H3,(H2,36,38)/t24-,31+,35-/m0/s1. The zero-order valence-electron chi connectivity index (χ0n) is 25.4. The number of anilines is 1. The number of phenolic OH excluding ortho intramolecular Hbond substituents is 1. The number of rotatable bonds is 15. The highest BCUT2D eigenvalue weighted by molar-refractivity contribution is 5.83. The van der Waals surface area contributed by atoms with Crippen LogP contribution < -0.4 is 10.5 Å². The Kier molecular flexibility index (Phi) is 10.9. The number of carbonyl (C=O) groups excluding carboxylic acids is 2. The number of ketones is 1. The van der Waals surface area contributed by atoms with Gasteiger partial charge in [0.1, 0.15) is 17.7 Å². The molecule has 2 heterocycles. The summed E-state index contributed by atoms with van der Waals surface area (Å²) < 4.78 is 10.9. The quantitative estimate of drug-likeness (QED) is 0.241. The summed E-state index contributed by atoms with van der Waals surface area (Å²) in [6.07, 6.45) is 16.9. The second kappa shape index (κ2) is 14.8. The molecule has 1 aliphatic carbocycles. The van der Waals surface area contributed by atoms with Gasteiger partial charge in [-0.1, -0.05) is 37.3 Å². The molecule has 0 fully saturated rings. The van der Waals surface area contributed by atoms with Crippen molar-refractivity contribution in [1.82, 2.24) is 4.98 Å². The Hall–Kier alpha value is -4.20. The number of aliphatic imine (C=N–C) groups is 1. The van der Waals surface area contributed by atoms with Gasteiger partial charge in [0, 0.05) is 32.2 Å². The zero-order chi connectivity index (χ0) is 30.8. The number of Topliss-reactive ketones (excluding diaryl/α,β-unsaturated/α-hetero) is 1. The molecule has 228 valence electrons. The lowest BCUT2D eigenvalue weighted by Crippen LogP contribution is -2.31. The van der Waals surface area contributed by atoms with Gasteiger partial charge >= 0.3 is 5.97 Å². The van der Waals surface area contributed by atoms with Crippen LogP contribution in [0.1, 0.15) is 63.5 Å². The average Bonchev–Trinajstić information content (AvgIpc) is 3.42. The lowest BCUT2D eigenvalue weighted by Gasteiger charge is -2.38. The molecule has 1 aliphatic heterocycles. The molecule has 3 atom stereocenters. The van der Waals surface area contributed by atoms with E-state index in [0.717, 1.165) is 36.8 Å². The summed E-state index contributed by atoms with van der Waals surface area (Å²) >= 11 is 0. The van der Waals surface area contributed by atoms with E-state index in [0.29, 0.717) is 37.4 Å². The Bertz CT molecular complexity index is 1430. The van der Waals surface area contributed by atoms with Crippen LogP contribution in [0.25, 0.3) is 0 Å². The summed E-state index contributed by atoms with van der Waals surface area (Å²) in [6.45, 7) is 4.33. The zero-order valence-corrected chi connectivity index (χ0v) is 25.4. The SMILES string of the molecule is COc1cc(CCC(=O)C[C@@H](CC[C@]2(CC3=C(CCc4ccnc(N)c4)CN=C3)C=CC=C[C@@H]2C)OC(C)=O)ccc1O. The van der Waals surface area contributed by atoms with Gasteiger partial charge in [0.05, 0.1) is 13.7 Å². The first-order valence-electron chi connectivity index (χ1n) is 15.0.